The van der Waals surface area contributed by atoms with Gasteiger partial charge in [0.15, 0.2) is 23.8 Å². The number of nitrogens with zero attached hydrogens (tertiary/aromatic N) is 1. The van der Waals surface area contributed by atoms with E-state index in [1.165, 1.54) is 6.20 Å². The number of carbonyl (C=O) groups is 6. The van der Waals surface area contributed by atoms with Gasteiger partial charge in [-0.05, 0) is 56.2 Å². The Hall–Kier alpha value is -4.78. The normalized spacial score (nSPS) is 17.2. The molecule has 326 valence electrons. The minimum atomic E-state index is -0.995. The third-order valence-electron chi connectivity index (χ3n) is 9.31. The number of hydrogen-bond donors (Lipinski definition) is 8. The van der Waals surface area contributed by atoms with Gasteiger partial charge in [0.2, 0.25) is 17.7 Å². The van der Waals surface area contributed by atoms with Gasteiger partial charge in [-0.15, -0.1) is 0 Å². The van der Waals surface area contributed by atoms with Gasteiger partial charge >= 0.3 is 5.97 Å². The fraction of sp³-hybridized carbons (Fsp3) is 0.650. The summed E-state index contributed by atoms with van der Waals surface area (Å²) in [5, 5.41) is 20.7. The maximum atomic E-state index is 13.4. The van der Waals surface area contributed by atoms with Crippen molar-refractivity contribution in [3.8, 4) is 11.5 Å². The zero-order valence-corrected chi connectivity index (χ0v) is 35.4. The van der Waals surface area contributed by atoms with Gasteiger partial charge in [0.1, 0.15) is 31.3 Å². The number of hydrogen-bond acceptors (Lipinski definition) is 13. The molecule has 0 saturated carbocycles. The zero-order chi connectivity index (χ0) is 43.6. The average Bonchev–Trinajstić information content (AvgIpc) is 3.90. The lowest BCUT2D eigenvalue weighted by atomic mass is 9.93. The summed E-state index contributed by atoms with van der Waals surface area (Å²) in [6, 6.07) is 3.28. The lowest BCUT2D eigenvalue weighted by Crippen LogP contribution is -2.56. The number of benzene rings is 1. The summed E-state index contributed by atoms with van der Waals surface area (Å²) in [7, 11) is 0. The second-order valence-corrected chi connectivity index (χ2v) is 16.2. The van der Waals surface area contributed by atoms with E-state index in [1.807, 2.05) is 34.6 Å². The first-order valence-electron chi connectivity index (χ1n) is 19.9. The summed E-state index contributed by atoms with van der Waals surface area (Å²) >= 11 is 0. The molecular weight excluding hydrogens is 752 g/mol. The lowest BCUT2D eigenvalue weighted by Gasteiger charge is -2.37. The molecule has 1 unspecified atom stereocenters. The van der Waals surface area contributed by atoms with Crippen molar-refractivity contribution in [3.63, 3.8) is 0 Å². The minimum Gasteiger partial charge on any atom is -0.483 e. The number of aliphatic hydroxyl groups is 1. The Morgan fingerprint density at radius 1 is 0.914 bits per heavy atom. The first-order chi connectivity index (χ1) is 27.3. The molecule has 4 amide bonds. The SMILES string of the molecule is CCC[N+](CCO)(CC(=O)NCC(=O)N[C@@H](CC(C)C)C(=O)NCC(=O)N[C@@H](CC(C)C)C(=O)[C@@]1(C)CO1)Cc1ccc(OC(=O)C(C)C)c(OC/C(N)=C/NN)c1. The van der Waals surface area contributed by atoms with E-state index in [2.05, 4.69) is 26.7 Å². The summed E-state index contributed by atoms with van der Waals surface area (Å²) in [5.74, 6) is 2.59. The van der Waals surface area contributed by atoms with Crippen molar-refractivity contribution in [2.45, 2.75) is 98.9 Å². The van der Waals surface area contributed by atoms with Crippen LogP contribution >= 0.6 is 0 Å². The number of ether oxygens (including phenoxy) is 3. The van der Waals surface area contributed by atoms with Gasteiger partial charge in [-0.25, -0.2) is 0 Å². The number of aliphatic hydroxyl groups excluding tert-OH is 1. The number of hydrazine groups is 1. The third-order valence-corrected chi connectivity index (χ3v) is 9.31. The smallest absolute Gasteiger partial charge is 0.313 e. The monoisotopic (exact) mass is 819 g/mol. The van der Waals surface area contributed by atoms with Crippen LogP contribution in [-0.4, -0.2) is 115 Å². The summed E-state index contributed by atoms with van der Waals surface area (Å²) < 4.78 is 16.9. The molecule has 58 heavy (non-hydrogen) atoms. The van der Waals surface area contributed by atoms with Crippen molar-refractivity contribution in [3.05, 3.63) is 35.7 Å². The molecule has 0 aromatic heterocycles. The van der Waals surface area contributed by atoms with E-state index in [4.69, 9.17) is 25.8 Å². The summed E-state index contributed by atoms with van der Waals surface area (Å²) in [6.07, 6.45) is 2.70. The zero-order valence-electron chi connectivity index (χ0n) is 35.4. The van der Waals surface area contributed by atoms with E-state index >= 15 is 0 Å². The number of esters is 1. The molecule has 1 aliphatic rings. The molecular formula is C40H67N8O10+. The first-order valence-corrected chi connectivity index (χ1v) is 19.9. The van der Waals surface area contributed by atoms with E-state index in [0.717, 1.165) is 5.56 Å². The van der Waals surface area contributed by atoms with E-state index < -0.39 is 66.3 Å². The highest BCUT2D eigenvalue weighted by molar-refractivity contribution is 5.97. The number of amides is 4. The molecule has 1 aromatic rings. The quantitative estimate of drug-likeness (QED) is 0.0148. The fourth-order valence-corrected chi connectivity index (χ4v) is 6.29. The van der Waals surface area contributed by atoms with Crippen LogP contribution in [0, 0.1) is 17.8 Å². The summed E-state index contributed by atoms with van der Waals surface area (Å²) in [6.45, 7) is 14.8. The number of nitrogens with two attached hydrogens (primary N) is 2. The molecule has 1 aromatic carbocycles. The number of ketones is 1. The Morgan fingerprint density at radius 2 is 1.52 bits per heavy atom. The lowest BCUT2D eigenvalue weighted by molar-refractivity contribution is -0.934. The van der Waals surface area contributed by atoms with Gasteiger partial charge in [-0.3, -0.25) is 34.6 Å². The van der Waals surface area contributed by atoms with Crippen LogP contribution in [0.15, 0.2) is 30.1 Å². The Morgan fingerprint density at radius 3 is 2.07 bits per heavy atom. The average molecular weight is 820 g/mol. The summed E-state index contributed by atoms with van der Waals surface area (Å²) in [5.41, 5.74) is 8.34. The van der Waals surface area contributed by atoms with Crippen molar-refractivity contribution in [1.82, 2.24) is 26.7 Å². The maximum Gasteiger partial charge on any atom is 0.313 e. The van der Waals surface area contributed by atoms with Gasteiger partial charge in [-0.2, -0.15) is 0 Å². The fourth-order valence-electron chi connectivity index (χ4n) is 6.29. The minimum absolute atomic E-state index is 0.00347. The van der Waals surface area contributed by atoms with Crippen LogP contribution in [-0.2, 0) is 40.0 Å². The predicted molar refractivity (Wildman–Crippen MR) is 216 cm³/mol. The molecule has 10 N–H and O–H groups in total. The Balaban J connectivity index is 2.12. The van der Waals surface area contributed by atoms with Crippen LogP contribution in [0.1, 0.15) is 80.2 Å². The van der Waals surface area contributed by atoms with E-state index in [9.17, 15) is 33.9 Å². The van der Waals surface area contributed by atoms with E-state index in [1.54, 1.807) is 39.0 Å². The highest BCUT2D eigenvalue weighted by Crippen LogP contribution is 2.32. The molecule has 18 nitrogen and oxygen atoms in total. The molecule has 2 rings (SSSR count). The van der Waals surface area contributed by atoms with Gasteiger partial charge in [0.25, 0.3) is 5.91 Å². The van der Waals surface area contributed by atoms with Crippen LogP contribution in [0.3, 0.4) is 0 Å². The van der Waals surface area contributed by atoms with E-state index in [-0.39, 0.29) is 78.6 Å². The van der Waals surface area contributed by atoms with Crippen molar-refractivity contribution >= 4 is 35.4 Å². The molecule has 0 bridgehead atoms. The highest BCUT2D eigenvalue weighted by atomic mass is 16.6. The molecule has 18 heteroatoms. The number of epoxide rings is 1. The van der Waals surface area contributed by atoms with Crippen molar-refractivity contribution < 1.29 is 52.6 Å². The maximum absolute atomic E-state index is 13.4. The second kappa shape index (κ2) is 23.6. The molecule has 4 atom stereocenters. The molecule has 0 aliphatic carbocycles. The Bertz CT molecular complexity index is 1590. The van der Waals surface area contributed by atoms with Gasteiger partial charge < -0.3 is 56.2 Å². The number of carbonyl (C=O) groups excluding carboxylic acids is 6. The molecule has 1 saturated heterocycles. The number of nitrogens with one attached hydrogen (secondary N) is 5. The molecule has 1 heterocycles. The van der Waals surface area contributed by atoms with E-state index in [0.29, 0.717) is 26.0 Å². The largest absolute Gasteiger partial charge is 0.483 e. The van der Waals surface area contributed by atoms with Gasteiger partial charge in [0.05, 0.1) is 50.5 Å². The Labute approximate surface area is 342 Å². The molecule has 0 spiro atoms. The van der Waals surface area contributed by atoms with Crippen LogP contribution in [0.4, 0.5) is 0 Å². The first kappa shape index (κ1) is 49.4. The molecule has 1 fully saturated rings. The third kappa shape index (κ3) is 17.0. The van der Waals surface area contributed by atoms with Crippen LogP contribution < -0.4 is 47.7 Å². The van der Waals surface area contributed by atoms with Crippen molar-refractivity contribution in [2.24, 2.45) is 29.3 Å². The van der Waals surface area contributed by atoms with Crippen molar-refractivity contribution in [1.29, 1.82) is 0 Å². The summed E-state index contributed by atoms with van der Waals surface area (Å²) in [4.78, 5) is 77.9. The topological polar surface area (TPSA) is 266 Å². The molecule has 0 radical (unpaired) electrons. The second-order valence-electron chi connectivity index (χ2n) is 16.2. The van der Waals surface area contributed by atoms with Crippen molar-refractivity contribution in [2.75, 3.05) is 52.5 Å². The standard InChI is InChI=1S/C40H66N8O10/c1-9-12-48(13-14-49,21-28-10-11-32(58-39(55)27(6)7)33(17-28)56-23-29(41)18-45-42)22-36(52)43-19-34(50)47-31(16-26(4)5)38(54)44-20-35(51)46-30(15-25(2)3)37(53)40(8)24-57-40/h10-11,17-18,25-27,30-31,45,49H,9,12-16,19-24,41-42H2,1-8H3,(H3-,43,44,46,47,50,51,52,54)/p+1/b29-18-/t30-,31-,40+,48?/m0/s1. The number of quaternary nitrogens is 1. The van der Waals surface area contributed by atoms with Crippen LogP contribution in [0.5, 0.6) is 11.5 Å². The van der Waals surface area contributed by atoms with Gasteiger partial charge in [0, 0.05) is 11.8 Å². The predicted octanol–water partition coefficient (Wildman–Crippen LogP) is 0.262. The van der Waals surface area contributed by atoms with Crippen LogP contribution in [0.25, 0.3) is 0 Å². The van der Waals surface area contributed by atoms with Crippen LogP contribution in [0.2, 0.25) is 0 Å². The number of rotatable bonds is 27. The number of Topliss-reactive ketones (excluding diaryl/α,β-unsaturated/α-hetero) is 1. The molecule has 1 aliphatic heterocycles. The Kier molecular flexibility index (Phi) is 20.1. The highest BCUT2D eigenvalue weighted by Gasteiger charge is 2.50. The van der Waals surface area contributed by atoms with Gasteiger partial charge in [-0.1, -0.05) is 48.5 Å².